The smallest absolute Gasteiger partial charge is 0.227 e. The first-order valence-electron chi connectivity index (χ1n) is 9.03. The number of rotatable bonds is 3. The first kappa shape index (κ1) is 16.5. The highest BCUT2D eigenvalue weighted by atomic mass is 16.2. The molecule has 2 saturated heterocycles. The second kappa shape index (κ2) is 6.64. The van der Waals surface area contributed by atoms with Crippen LogP contribution in [0.1, 0.15) is 50.2 Å². The Bertz CT molecular complexity index is 541. The van der Waals surface area contributed by atoms with Crippen LogP contribution in [0.25, 0.3) is 0 Å². The fourth-order valence-corrected chi connectivity index (χ4v) is 3.96. The minimum Gasteiger partial charge on any atom is -0.342 e. The first-order valence-corrected chi connectivity index (χ1v) is 9.03. The van der Waals surface area contributed by atoms with E-state index in [1.54, 1.807) is 0 Å². The quantitative estimate of drug-likeness (QED) is 0.854. The van der Waals surface area contributed by atoms with Gasteiger partial charge in [0.2, 0.25) is 5.91 Å². The van der Waals surface area contributed by atoms with Gasteiger partial charge in [-0.25, -0.2) is 0 Å². The van der Waals surface area contributed by atoms with Crippen LogP contribution in [-0.2, 0) is 11.2 Å². The Kier molecular flexibility index (Phi) is 4.77. The summed E-state index contributed by atoms with van der Waals surface area (Å²) >= 11 is 0. The van der Waals surface area contributed by atoms with Crippen molar-refractivity contribution in [2.75, 3.05) is 33.2 Å². The second-order valence-corrected chi connectivity index (χ2v) is 7.94. The molecule has 2 aliphatic heterocycles. The van der Waals surface area contributed by atoms with Crippen LogP contribution >= 0.6 is 0 Å². The molecule has 23 heavy (non-hydrogen) atoms. The maximum Gasteiger partial charge on any atom is 0.227 e. The molecule has 0 radical (unpaired) electrons. The predicted molar refractivity (Wildman–Crippen MR) is 94.6 cm³/mol. The molecule has 126 valence electrons. The summed E-state index contributed by atoms with van der Waals surface area (Å²) in [6, 6.07) is 8.56. The van der Waals surface area contributed by atoms with Crippen LogP contribution in [0, 0.1) is 5.41 Å². The minimum atomic E-state index is 0.304. The van der Waals surface area contributed by atoms with Crippen molar-refractivity contribution in [3.05, 3.63) is 35.4 Å². The number of hydrogen-bond donors (Lipinski definition) is 0. The van der Waals surface area contributed by atoms with Gasteiger partial charge < -0.3 is 9.80 Å². The molecule has 0 aromatic heterocycles. The van der Waals surface area contributed by atoms with Crippen molar-refractivity contribution in [1.82, 2.24) is 9.80 Å². The van der Waals surface area contributed by atoms with E-state index in [0.717, 1.165) is 18.7 Å². The Labute approximate surface area is 140 Å². The van der Waals surface area contributed by atoms with E-state index in [0.29, 0.717) is 23.7 Å². The Hall–Kier alpha value is -1.35. The van der Waals surface area contributed by atoms with Gasteiger partial charge in [0, 0.05) is 13.1 Å². The molecule has 0 unspecified atom stereocenters. The number of benzene rings is 1. The number of amides is 1. The summed E-state index contributed by atoms with van der Waals surface area (Å²) in [6.07, 6.45) is 4.24. The predicted octanol–water partition coefficient (Wildman–Crippen LogP) is 3.30. The van der Waals surface area contributed by atoms with Gasteiger partial charge in [-0.3, -0.25) is 4.79 Å². The monoisotopic (exact) mass is 314 g/mol. The summed E-state index contributed by atoms with van der Waals surface area (Å²) in [6.45, 7) is 8.69. The van der Waals surface area contributed by atoms with Gasteiger partial charge in [0.05, 0.1) is 6.42 Å². The number of nitrogens with zero attached hydrogens (tertiary/aromatic N) is 2. The number of piperidine rings is 1. The molecule has 1 spiro atoms. The Morgan fingerprint density at radius 2 is 1.70 bits per heavy atom. The van der Waals surface area contributed by atoms with Gasteiger partial charge in [-0.1, -0.05) is 38.1 Å². The molecule has 1 aromatic rings. The average Bonchev–Trinajstić information content (AvgIpc) is 2.95. The van der Waals surface area contributed by atoms with E-state index in [2.05, 4.69) is 55.0 Å². The fraction of sp³-hybridized carbons (Fsp3) is 0.650. The van der Waals surface area contributed by atoms with Gasteiger partial charge in [-0.2, -0.15) is 0 Å². The Morgan fingerprint density at radius 3 is 2.30 bits per heavy atom. The third-order valence-corrected chi connectivity index (χ3v) is 5.84. The molecule has 3 heteroatoms. The molecule has 0 N–H and O–H groups in total. The Morgan fingerprint density at radius 1 is 1.09 bits per heavy atom. The van der Waals surface area contributed by atoms with Crippen molar-refractivity contribution in [3.63, 3.8) is 0 Å². The third kappa shape index (κ3) is 3.77. The molecule has 0 atom stereocenters. The van der Waals surface area contributed by atoms with Crippen molar-refractivity contribution in [1.29, 1.82) is 0 Å². The lowest BCUT2D eigenvalue weighted by Gasteiger charge is -2.37. The maximum atomic E-state index is 12.6. The van der Waals surface area contributed by atoms with Crippen LogP contribution in [0.3, 0.4) is 0 Å². The van der Waals surface area contributed by atoms with Gasteiger partial charge in [-0.05, 0) is 61.9 Å². The largest absolute Gasteiger partial charge is 0.342 e. The molecular weight excluding hydrogens is 284 g/mol. The van der Waals surface area contributed by atoms with Gasteiger partial charge >= 0.3 is 0 Å². The van der Waals surface area contributed by atoms with Crippen molar-refractivity contribution < 1.29 is 4.79 Å². The topological polar surface area (TPSA) is 23.6 Å². The van der Waals surface area contributed by atoms with Crippen molar-refractivity contribution in [3.8, 4) is 0 Å². The van der Waals surface area contributed by atoms with Crippen LogP contribution in [0.4, 0.5) is 0 Å². The van der Waals surface area contributed by atoms with Crippen LogP contribution in [0.2, 0.25) is 0 Å². The normalized spacial score (nSPS) is 21.3. The van der Waals surface area contributed by atoms with Crippen LogP contribution in [0.5, 0.6) is 0 Å². The maximum absolute atomic E-state index is 12.6. The standard InChI is InChI=1S/C20H30N2O/c1-16(2)18-6-4-17(5-7-18)14-19(23)22-13-10-20(15-22)8-11-21(3)12-9-20/h4-7,16H,8-15H2,1-3H3. The summed E-state index contributed by atoms with van der Waals surface area (Å²) in [5.74, 6) is 0.848. The van der Waals surface area contributed by atoms with Crippen molar-refractivity contribution in [2.24, 2.45) is 5.41 Å². The molecule has 3 rings (SSSR count). The van der Waals surface area contributed by atoms with Crippen LogP contribution < -0.4 is 0 Å². The summed E-state index contributed by atoms with van der Waals surface area (Å²) in [5, 5.41) is 0. The number of carbonyl (C=O) groups is 1. The fourth-order valence-electron chi connectivity index (χ4n) is 3.96. The second-order valence-electron chi connectivity index (χ2n) is 7.94. The average molecular weight is 314 g/mol. The molecular formula is C20H30N2O. The first-order chi connectivity index (χ1) is 11.0. The highest BCUT2D eigenvalue weighted by Crippen LogP contribution is 2.40. The van der Waals surface area contributed by atoms with E-state index in [1.165, 1.54) is 37.9 Å². The number of hydrogen-bond acceptors (Lipinski definition) is 2. The van der Waals surface area contributed by atoms with E-state index < -0.39 is 0 Å². The van der Waals surface area contributed by atoms with Crippen molar-refractivity contribution >= 4 is 5.91 Å². The van der Waals surface area contributed by atoms with Gasteiger partial charge in [0.15, 0.2) is 0 Å². The summed E-state index contributed by atoms with van der Waals surface area (Å²) in [4.78, 5) is 17.2. The lowest BCUT2D eigenvalue weighted by atomic mass is 9.78. The summed E-state index contributed by atoms with van der Waals surface area (Å²) in [7, 11) is 2.20. The SMILES string of the molecule is CC(C)c1ccc(CC(=O)N2CCC3(CCN(C)CC3)C2)cc1. The molecule has 2 aliphatic rings. The van der Waals surface area contributed by atoms with Crippen molar-refractivity contribution in [2.45, 2.75) is 45.4 Å². The number of carbonyl (C=O) groups excluding carboxylic acids is 1. The lowest BCUT2D eigenvalue weighted by molar-refractivity contribution is -0.130. The summed E-state index contributed by atoms with van der Waals surface area (Å²) < 4.78 is 0. The Balaban J connectivity index is 1.57. The molecule has 0 saturated carbocycles. The van der Waals surface area contributed by atoms with Gasteiger partial charge in [0.25, 0.3) is 0 Å². The number of likely N-dealkylation sites (tertiary alicyclic amines) is 2. The van der Waals surface area contributed by atoms with E-state index >= 15 is 0 Å². The zero-order valence-electron chi connectivity index (χ0n) is 14.8. The van der Waals surface area contributed by atoms with Crippen LogP contribution in [-0.4, -0.2) is 48.9 Å². The molecule has 3 nitrogen and oxygen atoms in total. The highest BCUT2D eigenvalue weighted by molar-refractivity contribution is 5.79. The lowest BCUT2D eigenvalue weighted by Crippen LogP contribution is -2.40. The van der Waals surface area contributed by atoms with Gasteiger partial charge in [-0.15, -0.1) is 0 Å². The summed E-state index contributed by atoms with van der Waals surface area (Å²) in [5.41, 5.74) is 2.89. The zero-order valence-corrected chi connectivity index (χ0v) is 14.8. The minimum absolute atomic E-state index is 0.304. The van der Waals surface area contributed by atoms with E-state index in [-0.39, 0.29) is 0 Å². The van der Waals surface area contributed by atoms with Gasteiger partial charge in [0.1, 0.15) is 0 Å². The molecule has 1 aromatic carbocycles. The molecule has 0 aliphatic carbocycles. The molecule has 2 heterocycles. The highest BCUT2D eigenvalue weighted by Gasteiger charge is 2.41. The third-order valence-electron chi connectivity index (χ3n) is 5.84. The van der Waals surface area contributed by atoms with E-state index in [1.807, 2.05) is 0 Å². The molecule has 1 amide bonds. The molecule has 0 bridgehead atoms. The zero-order chi connectivity index (χ0) is 16.4. The van der Waals surface area contributed by atoms with E-state index in [4.69, 9.17) is 0 Å². The molecule has 2 fully saturated rings. The van der Waals surface area contributed by atoms with Crippen LogP contribution in [0.15, 0.2) is 24.3 Å². The van der Waals surface area contributed by atoms with E-state index in [9.17, 15) is 4.79 Å².